The lowest BCUT2D eigenvalue weighted by atomic mass is 10.0. The van der Waals surface area contributed by atoms with Crippen LogP contribution in [0.25, 0.3) is 28.2 Å². The number of pyridine rings is 1. The maximum atomic E-state index is 13.4. The van der Waals surface area contributed by atoms with E-state index in [2.05, 4.69) is 27.5 Å². The molecule has 0 saturated carbocycles. The second-order valence-electron chi connectivity index (χ2n) is 8.14. The molecule has 34 heavy (non-hydrogen) atoms. The Morgan fingerprint density at radius 1 is 0.941 bits per heavy atom. The van der Waals surface area contributed by atoms with Crippen molar-refractivity contribution in [3.05, 3.63) is 100 Å². The third-order valence-electron chi connectivity index (χ3n) is 5.97. The first-order chi connectivity index (χ1) is 16.7. The average Bonchev–Trinajstić information content (AvgIpc) is 3.49. The number of benzene rings is 2. The van der Waals surface area contributed by atoms with E-state index in [1.165, 1.54) is 0 Å². The van der Waals surface area contributed by atoms with Crippen molar-refractivity contribution in [1.82, 2.24) is 34.7 Å². The number of hydrogen-bond acceptors (Lipinski definition) is 5. The summed E-state index contributed by atoms with van der Waals surface area (Å²) in [5.74, 6) is 0.535. The number of nitrogens with zero attached hydrogens (tertiary/aromatic N) is 6. The molecule has 0 aliphatic rings. The number of para-hydroxylation sites is 1. The van der Waals surface area contributed by atoms with Gasteiger partial charge in [0.2, 0.25) is 5.82 Å². The van der Waals surface area contributed by atoms with Crippen LogP contribution in [0.15, 0.2) is 77.7 Å². The molecule has 0 fully saturated rings. The van der Waals surface area contributed by atoms with Gasteiger partial charge < -0.3 is 0 Å². The molecule has 2 aromatic carbocycles. The Hall–Kier alpha value is -4.33. The summed E-state index contributed by atoms with van der Waals surface area (Å²) in [6.07, 6.45) is 3.62. The van der Waals surface area contributed by atoms with Gasteiger partial charge in [-0.2, -0.15) is 5.21 Å². The van der Waals surface area contributed by atoms with Gasteiger partial charge in [-0.1, -0.05) is 61.9 Å². The Bertz CT molecular complexity index is 1450. The Morgan fingerprint density at radius 3 is 2.38 bits per heavy atom. The quantitative estimate of drug-likeness (QED) is 0.400. The third-order valence-corrected chi connectivity index (χ3v) is 5.97. The van der Waals surface area contributed by atoms with E-state index in [0.717, 1.165) is 52.3 Å². The summed E-state index contributed by atoms with van der Waals surface area (Å²) in [6.45, 7) is 4.56. The zero-order valence-corrected chi connectivity index (χ0v) is 19.1. The minimum Gasteiger partial charge on any atom is -0.290 e. The number of aromatic nitrogens is 7. The third kappa shape index (κ3) is 3.94. The highest BCUT2D eigenvalue weighted by Crippen LogP contribution is 2.29. The Balaban J connectivity index is 1.50. The molecule has 170 valence electrons. The highest BCUT2D eigenvalue weighted by Gasteiger charge is 2.18. The molecule has 5 rings (SSSR count). The van der Waals surface area contributed by atoms with E-state index in [1.54, 1.807) is 4.57 Å². The number of nitrogens with one attached hydrogen (secondary N) is 1. The fourth-order valence-corrected chi connectivity index (χ4v) is 4.35. The van der Waals surface area contributed by atoms with Gasteiger partial charge in [-0.15, -0.1) is 10.2 Å². The van der Waals surface area contributed by atoms with Crippen molar-refractivity contribution in [2.45, 2.75) is 33.2 Å². The highest BCUT2D eigenvalue weighted by atomic mass is 16.1. The molecule has 0 atom stereocenters. The summed E-state index contributed by atoms with van der Waals surface area (Å²) in [7, 11) is 0. The topological polar surface area (TPSA) is 94.3 Å². The van der Waals surface area contributed by atoms with Gasteiger partial charge in [-0.25, -0.2) is 4.79 Å². The fraction of sp³-hybridized carbons (Fsp3) is 0.192. The van der Waals surface area contributed by atoms with Crippen LogP contribution >= 0.6 is 0 Å². The number of H-pyrrole nitrogens is 1. The van der Waals surface area contributed by atoms with Crippen LogP contribution in [0.3, 0.4) is 0 Å². The molecule has 0 unspecified atom stereocenters. The van der Waals surface area contributed by atoms with Crippen LogP contribution in [0.2, 0.25) is 0 Å². The molecule has 3 heterocycles. The first-order valence-electron chi connectivity index (χ1n) is 11.3. The van der Waals surface area contributed by atoms with E-state index in [1.807, 2.05) is 84.4 Å². The monoisotopic (exact) mass is 451 g/mol. The van der Waals surface area contributed by atoms with Crippen molar-refractivity contribution in [3.63, 3.8) is 0 Å². The van der Waals surface area contributed by atoms with Gasteiger partial charge in [0.15, 0.2) is 0 Å². The Morgan fingerprint density at radius 2 is 1.71 bits per heavy atom. The molecule has 5 aromatic rings. The van der Waals surface area contributed by atoms with Gasteiger partial charge in [-0.05, 0) is 42.3 Å². The number of tetrazole rings is 1. The second-order valence-corrected chi connectivity index (χ2v) is 8.14. The first-order valence-corrected chi connectivity index (χ1v) is 11.3. The lowest BCUT2D eigenvalue weighted by molar-refractivity contribution is 0.679. The van der Waals surface area contributed by atoms with Crippen molar-refractivity contribution in [2.75, 3.05) is 0 Å². The number of rotatable bonds is 7. The summed E-state index contributed by atoms with van der Waals surface area (Å²) in [5.41, 5.74) is 6.48. The van der Waals surface area contributed by atoms with Crippen molar-refractivity contribution >= 4 is 0 Å². The van der Waals surface area contributed by atoms with Crippen molar-refractivity contribution in [3.8, 4) is 28.2 Å². The fourth-order valence-electron chi connectivity index (χ4n) is 4.35. The predicted molar refractivity (Wildman–Crippen MR) is 131 cm³/mol. The molecule has 0 amide bonds. The lowest BCUT2D eigenvalue weighted by Crippen LogP contribution is -2.25. The van der Waals surface area contributed by atoms with Gasteiger partial charge in [0.25, 0.3) is 0 Å². The largest absolute Gasteiger partial charge is 0.333 e. The number of aromatic amines is 1. The molecule has 0 radical (unpaired) electrons. The van der Waals surface area contributed by atoms with Crippen molar-refractivity contribution in [2.24, 2.45) is 0 Å². The smallest absolute Gasteiger partial charge is 0.290 e. The molecule has 8 heteroatoms. The summed E-state index contributed by atoms with van der Waals surface area (Å²) >= 11 is 0. The normalized spacial score (nSPS) is 11.1. The Labute approximate surface area is 196 Å². The van der Waals surface area contributed by atoms with Crippen LogP contribution in [0.5, 0.6) is 0 Å². The minimum atomic E-state index is -0.0412. The standard InChI is InChI=1S/C26H25N7O/c1-3-9-24-18(2)33(21-10-5-4-6-11-21)26(34)32(24)17-20-15-14-19(16-27-20)22-12-7-8-13-23(22)25-28-30-31-29-25/h4-8,10-16H,3,9,17H2,1-2H3,(H,28,29,30,31). The molecular weight excluding hydrogens is 426 g/mol. The maximum absolute atomic E-state index is 13.4. The van der Waals surface area contributed by atoms with Gasteiger partial charge in [0.1, 0.15) is 0 Å². The predicted octanol–water partition coefficient (Wildman–Crippen LogP) is 4.19. The van der Waals surface area contributed by atoms with Gasteiger partial charge >= 0.3 is 5.69 Å². The summed E-state index contributed by atoms with van der Waals surface area (Å²) in [5, 5.41) is 14.4. The van der Waals surface area contributed by atoms with E-state index < -0.39 is 0 Å². The van der Waals surface area contributed by atoms with E-state index in [9.17, 15) is 4.79 Å². The molecule has 3 aromatic heterocycles. The van der Waals surface area contributed by atoms with Crippen LogP contribution in [0.1, 0.15) is 30.4 Å². The first kappa shape index (κ1) is 21.5. The molecule has 0 bridgehead atoms. The summed E-state index contributed by atoms with van der Waals surface area (Å²) in [6, 6.07) is 21.6. The lowest BCUT2D eigenvalue weighted by Gasteiger charge is -2.09. The van der Waals surface area contributed by atoms with Crippen molar-refractivity contribution < 1.29 is 0 Å². The molecule has 0 saturated heterocycles. The molecule has 8 nitrogen and oxygen atoms in total. The molecule has 0 aliphatic carbocycles. The van der Waals surface area contributed by atoms with E-state index in [0.29, 0.717) is 12.4 Å². The van der Waals surface area contributed by atoms with Crippen LogP contribution in [0, 0.1) is 6.92 Å². The van der Waals surface area contributed by atoms with Crippen LogP contribution in [0.4, 0.5) is 0 Å². The second kappa shape index (κ2) is 9.27. The molecule has 1 N–H and O–H groups in total. The summed E-state index contributed by atoms with van der Waals surface area (Å²) < 4.78 is 3.64. The molecule has 0 aliphatic heterocycles. The highest BCUT2D eigenvalue weighted by molar-refractivity contribution is 5.79. The van der Waals surface area contributed by atoms with Crippen LogP contribution in [-0.4, -0.2) is 34.7 Å². The van der Waals surface area contributed by atoms with Crippen molar-refractivity contribution in [1.29, 1.82) is 0 Å². The maximum Gasteiger partial charge on any atom is 0.333 e. The van der Waals surface area contributed by atoms with Gasteiger partial charge in [0.05, 0.1) is 17.9 Å². The summed E-state index contributed by atoms with van der Waals surface area (Å²) in [4.78, 5) is 18.1. The number of imidazole rings is 1. The number of hydrogen-bond donors (Lipinski definition) is 1. The van der Waals surface area contributed by atoms with E-state index in [-0.39, 0.29) is 5.69 Å². The molecular formula is C26H25N7O. The average molecular weight is 452 g/mol. The zero-order valence-electron chi connectivity index (χ0n) is 19.1. The van der Waals surface area contributed by atoms with E-state index >= 15 is 0 Å². The van der Waals surface area contributed by atoms with E-state index in [4.69, 9.17) is 4.98 Å². The van der Waals surface area contributed by atoms with Crippen LogP contribution in [-0.2, 0) is 13.0 Å². The minimum absolute atomic E-state index is 0.0412. The van der Waals surface area contributed by atoms with Crippen LogP contribution < -0.4 is 5.69 Å². The van der Waals surface area contributed by atoms with Gasteiger partial charge in [0, 0.05) is 28.7 Å². The SMILES string of the molecule is CCCc1c(C)n(-c2ccccc2)c(=O)n1Cc1ccc(-c2ccccc2-c2nn[nH]n2)cn1. The van der Waals surface area contributed by atoms with Gasteiger partial charge in [-0.3, -0.25) is 14.1 Å². The molecule has 0 spiro atoms. The zero-order chi connectivity index (χ0) is 23.5. The Kier molecular flexibility index (Phi) is 5.86.